The van der Waals surface area contributed by atoms with Crippen molar-refractivity contribution >= 4 is 38.6 Å². The summed E-state index contributed by atoms with van der Waals surface area (Å²) in [5, 5.41) is 9.94. The fourth-order valence-corrected chi connectivity index (χ4v) is 3.15. The summed E-state index contributed by atoms with van der Waals surface area (Å²) < 4.78 is 3.30. The van der Waals surface area contributed by atoms with Crippen LogP contribution in [0.1, 0.15) is 18.9 Å². The Hall–Kier alpha value is -1.52. The van der Waals surface area contributed by atoms with Crippen molar-refractivity contribution < 1.29 is 5.11 Å². The minimum Gasteiger partial charge on any atom is -0.506 e. The van der Waals surface area contributed by atoms with Crippen LogP contribution in [0.3, 0.4) is 0 Å². The molecule has 4 rings (SSSR count). The Balaban J connectivity index is 1.98. The Morgan fingerprint density at radius 2 is 2.00 bits per heavy atom. The van der Waals surface area contributed by atoms with Gasteiger partial charge in [0.25, 0.3) is 0 Å². The second-order valence-electron chi connectivity index (χ2n) is 5.34. The molecule has 0 bridgehead atoms. The molecular weight excluding hydrogens is 352 g/mol. The number of benzene rings is 2. The van der Waals surface area contributed by atoms with Crippen LogP contribution < -0.4 is 0 Å². The molecule has 0 amide bonds. The van der Waals surface area contributed by atoms with Crippen LogP contribution in [0.4, 0.5) is 0 Å². The molecule has 1 aromatic heterocycles. The molecule has 21 heavy (non-hydrogen) atoms. The van der Waals surface area contributed by atoms with Crippen molar-refractivity contribution in [1.82, 2.24) is 9.55 Å². The Morgan fingerprint density at radius 3 is 2.71 bits per heavy atom. The molecule has 1 heterocycles. The molecule has 0 saturated heterocycles. The summed E-state index contributed by atoms with van der Waals surface area (Å²) >= 11 is 9.53. The summed E-state index contributed by atoms with van der Waals surface area (Å²) in [6.45, 7) is 0. The fourth-order valence-electron chi connectivity index (χ4n) is 2.62. The molecule has 0 radical (unpaired) electrons. The van der Waals surface area contributed by atoms with Gasteiger partial charge >= 0.3 is 0 Å². The van der Waals surface area contributed by atoms with Gasteiger partial charge in [0, 0.05) is 16.1 Å². The molecule has 0 aliphatic heterocycles. The van der Waals surface area contributed by atoms with E-state index in [1.165, 1.54) is 12.8 Å². The van der Waals surface area contributed by atoms with Crippen molar-refractivity contribution in [2.24, 2.45) is 0 Å². The Kier molecular flexibility index (Phi) is 2.98. The predicted molar refractivity (Wildman–Crippen MR) is 87.8 cm³/mol. The second-order valence-corrected chi connectivity index (χ2v) is 6.66. The van der Waals surface area contributed by atoms with Crippen molar-refractivity contribution in [2.75, 3.05) is 0 Å². The number of phenols is 1. The number of aromatic hydroxyl groups is 1. The number of hydrogen-bond donors (Lipinski definition) is 1. The first-order valence-corrected chi connectivity index (χ1v) is 7.97. The van der Waals surface area contributed by atoms with Crippen molar-refractivity contribution in [3.63, 3.8) is 0 Å². The maximum atomic E-state index is 9.59. The molecule has 0 atom stereocenters. The molecule has 1 aliphatic rings. The lowest BCUT2D eigenvalue weighted by Gasteiger charge is -2.08. The zero-order valence-electron chi connectivity index (χ0n) is 11.1. The normalized spacial score (nSPS) is 14.8. The van der Waals surface area contributed by atoms with Crippen LogP contribution in [-0.4, -0.2) is 14.7 Å². The highest BCUT2D eigenvalue weighted by Crippen LogP contribution is 2.42. The summed E-state index contributed by atoms with van der Waals surface area (Å²) in [5.41, 5.74) is 3.03. The third-order valence-electron chi connectivity index (χ3n) is 3.77. The summed E-state index contributed by atoms with van der Waals surface area (Å²) in [6, 6.07) is 11.9. The lowest BCUT2D eigenvalue weighted by atomic mass is 10.2. The van der Waals surface area contributed by atoms with E-state index in [4.69, 9.17) is 16.6 Å². The summed E-state index contributed by atoms with van der Waals surface area (Å²) in [6.07, 6.45) is 2.36. The number of imidazole rings is 1. The van der Waals surface area contributed by atoms with Gasteiger partial charge in [-0.15, -0.1) is 0 Å². The molecule has 0 spiro atoms. The number of nitrogens with zero attached hydrogens (tertiary/aromatic N) is 2. The van der Waals surface area contributed by atoms with Gasteiger partial charge in [-0.1, -0.05) is 27.5 Å². The first-order valence-electron chi connectivity index (χ1n) is 6.80. The first-order chi connectivity index (χ1) is 10.1. The van der Waals surface area contributed by atoms with Crippen LogP contribution in [0.15, 0.2) is 40.9 Å². The summed E-state index contributed by atoms with van der Waals surface area (Å²) in [4.78, 5) is 4.77. The number of fused-ring (bicyclic) bond motifs is 1. The van der Waals surface area contributed by atoms with Gasteiger partial charge in [-0.3, -0.25) is 0 Å². The van der Waals surface area contributed by atoms with Gasteiger partial charge < -0.3 is 9.67 Å². The van der Waals surface area contributed by atoms with E-state index >= 15 is 0 Å². The van der Waals surface area contributed by atoms with E-state index in [-0.39, 0.29) is 5.75 Å². The number of hydrogen-bond acceptors (Lipinski definition) is 2. The second kappa shape index (κ2) is 4.75. The Labute approximate surface area is 135 Å². The molecule has 106 valence electrons. The Bertz CT molecular complexity index is 855. The average Bonchev–Trinajstić information content (AvgIpc) is 3.22. The standard InChI is InChI=1S/C16H12BrClN2O/c17-10-2-5-14-13(8-10)19-16(20(14)11-3-4-11)9-1-6-15(21)12(18)7-9/h1-2,5-8,11,21H,3-4H2. The molecule has 5 heteroatoms. The number of aromatic nitrogens is 2. The van der Waals surface area contributed by atoms with E-state index in [1.807, 2.05) is 18.2 Å². The molecule has 3 aromatic rings. The SMILES string of the molecule is Oc1ccc(-c2nc3cc(Br)ccc3n2C2CC2)cc1Cl. The third-order valence-corrected chi connectivity index (χ3v) is 4.57. The van der Waals surface area contributed by atoms with Crippen LogP contribution in [0.2, 0.25) is 5.02 Å². The van der Waals surface area contributed by atoms with Gasteiger partial charge in [-0.2, -0.15) is 0 Å². The van der Waals surface area contributed by atoms with Crippen LogP contribution in [-0.2, 0) is 0 Å². The largest absolute Gasteiger partial charge is 0.506 e. The van der Waals surface area contributed by atoms with E-state index in [0.29, 0.717) is 11.1 Å². The maximum Gasteiger partial charge on any atom is 0.141 e. The zero-order chi connectivity index (χ0) is 14.6. The van der Waals surface area contributed by atoms with Gasteiger partial charge in [0.1, 0.15) is 11.6 Å². The number of rotatable bonds is 2. The highest BCUT2D eigenvalue weighted by Gasteiger charge is 2.28. The van der Waals surface area contributed by atoms with E-state index in [2.05, 4.69) is 26.6 Å². The zero-order valence-corrected chi connectivity index (χ0v) is 13.4. The lowest BCUT2D eigenvalue weighted by molar-refractivity contribution is 0.475. The van der Waals surface area contributed by atoms with Crippen molar-refractivity contribution in [2.45, 2.75) is 18.9 Å². The van der Waals surface area contributed by atoms with Crippen LogP contribution in [0, 0.1) is 0 Å². The molecule has 0 unspecified atom stereocenters. The van der Waals surface area contributed by atoms with Crippen molar-refractivity contribution in [3.8, 4) is 17.1 Å². The van der Waals surface area contributed by atoms with Crippen LogP contribution >= 0.6 is 27.5 Å². The number of halogens is 2. The van der Waals surface area contributed by atoms with Gasteiger partial charge in [0.05, 0.1) is 16.1 Å². The van der Waals surface area contributed by atoms with E-state index in [9.17, 15) is 5.11 Å². The quantitative estimate of drug-likeness (QED) is 0.683. The minimum absolute atomic E-state index is 0.0947. The molecule has 1 aliphatic carbocycles. The molecule has 1 N–H and O–H groups in total. The van der Waals surface area contributed by atoms with Gasteiger partial charge in [-0.05, 0) is 49.2 Å². The van der Waals surface area contributed by atoms with Crippen molar-refractivity contribution in [1.29, 1.82) is 0 Å². The smallest absolute Gasteiger partial charge is 0.141 e. The minimum atomic E-state index is 0.0947. The first kappa shape index (κ1) is 13.2. The molecule has 2 aromatic carbocycles. The van der Waals surface area contributed by atoms with Gasteiger partial charge in [0.15, 0.2) is 0 Å². The monoisotopic (exact) mass is 362 g/mol. The van der Waals surface area contributed by atoms with E-state index in [0.717, 1.165) is 26.9 Å². The molecule has 1 fully saturated rings. The van der Waals surface area contributed by atoms with Crippen LogP contribution in [0.5, 0.6) is 5.75 Å². The average molecular weight is 364 g/mol. The highest BCUT2D eigenvalue weighted by atomic mass is 79.9. The summed E-state index contributed by atoms with van der Waals surface area (Å²) in [5.74, 6) is 1.00. The summed E-state index contributed by atoms with van der Waals surface area (Å²) in [7, 11) is 0. The third kappa shape index (κ3) is 2.23. The molecule has 1 saturated carbocycles. The van der Waals surface area contributed by atoms with Gasteiger partial charge in [-0.25, -0.2) is 4.98 Å². The topological polar surface area (TPSA) is 38.1 Å². The maximum absolute atomic E-state index is 9.59. The number of phenolic OH excluding ortho intramolecular Hbond substituents is 1. The lowest BCUT2D eigenvalue weighted by Crippen LogP contribution is -1.97. The van der Waals surface area contributed by atoms with Gasteiger partial charge in [0.2, 0.25) is 0 Å². The molecular formula is C16H12BrClN2O. The predicted octanol–water partition coefficient (Wildman–Crippen LogP) is 5.16. The Morgan fingerprint density at radius 1 is 1.19 bits per heavy atom. The fraction of sp³-hybridized carbons (Fsp3) is 0.188. The molecule has 3 nitrogen and oxygen atoms in total. The van der Waals surface area contributed by atoms with Crippen LogP contribution in [0.25, 0.3) is 22.4 Å². The highest BCUT2D eigenvalue weighted by molar-refractivity contribution is 9.10. The van der Waals surface area contributed by atoms with Crippen molar-refractivity contribution in [3.05, 3.63) is 45.9 Å². The van der Waals surface area contributed by atoms with E-state index in [1.54, 1.807) is 12.1 Å². The van der Waals surface area contributed by atoms with E-state index < -0.39 is 0 Å².